The smallest absolute Gasteiger partial charge is 0.240 e. The number of sulfonamides is 1. The first-order valence-corrected chi connectivity index (χ1v) is 9.39. The lowest BCUT2D eigenvalue weighted by molar-refractivity contribution is -0.120. The third-order valence-electron chi connectivity index (χ3n) is 3.50. The summed E-state index contributed by atoms with van der Waals surface area (Å²) in [4.78, 5) is 12.1. The molecule has 1 N–H and O–H groups in total. The number of carbonyl (C=O) groups excluding carboxylic acids is 1. The van der Waals surface area contributed by atoms with Gasteiger partial charge in [0, 0.05) is 6.04 Å². The summed E-state index contributed by atoms with van der Waals surface area (Å²) in [5, 5.41) is 3.06. The first kappa shape index (κ1) is 19.6. The number of amides is 1. The van der Waals surface area contributed by atoms with Crippen LogP contribution in [0.4, 0.5) is 5.69 Å². The normalized spacial score (nSPS) is 12.8. The zero-order valence-electron chi connectivity index (χ0n) is 14.0. The second-order valence-corrected chi connectivity index (χ2v) is 8.00. The van der Waals surface area contributed by atoms with Gasteiger partial charge in [-0.15, -0.1) is 0 Å². The van der Waals surface area contributed by atoms with Crippen molar-refractivity contribution in [2.45, 2.75) is 26.8 Å². The Kier molecular flexibility index (Phi) is 6.70. The molecule has 0 fully saturated rings. The van der Waals surface area contributed by atoms with E-state index in [0.29, 0.717) is 11.4 Å². The minimum Gasteiger partial charge on any atom is -0.495 e. The zero-order chi connectivity index (χ0) is 17.8. The Morgan fingerprint density at radius 3 is 2.39 bits per heavy atom. The lowest BCUT2D eigenvalue weighted by Crippen LogP contribution is -2.44. The molecule has 0 aliphatic carbocycles. The van der Waals surface area contributed by atoms with Crippen LogP contribution in [0.1, 0.15) is 20.8 Å². The number of hydrogen-bond donors (Lipinski definition) is 1. The van der Waals surface area contributed by atoms with Crippen LogP contribution in [-0.4, -0.2) is 40.3 Å². The molecule has 130 valence electrons. The van der Waals surface area contributed by atoms with Crippen LogP contribution in [0.3, 0.4) is 0 Å². The van der Waals surface area contributed by atoms with Crippen molar-refractivity contribution in [3.63, 3.8) is 0 Å². The molecule has 1 aromatic rings. The average molecular weight is 363 g/mol. The third kappa shape index (κ3) is 5.58. The van der Waals surface area contributed by atoms with Gasteiger partial charge >= 0.3 is 0 Å². The summed E-state index contributed by atoms with van der Waals surface area (Å²) in [6.45, 7) is 5.52. The van der Waals surface area contributed by atoms with E-state index in [-0.39, 0.29) is 29.4 Å². The van der Waals surface area contributed by atoms with Crippen molar-refractivity contribution in [3.05, 3.63) is 23.2 Å². The van der Waals surface area contributed by atoms with Crippen LogP contribution in [0.2, 0.25) is 5.02 Å². The number of rotatable bonds is 7. The van der Waals surface area contributed by atoms with Crippen molar-refractivity contribution in [2.75, 3.05) is 24.2 Å². The largest absolute Gasteiger partial charge is 0.495 e. The van der Waals surface area contributed by atoms with Gasteiger partial charge in [-0.2, -0.15) is 0 Å². The highest BCUT2D eigenvalue weighted by atomic mass is 35.5. The molecule has 0 aliphatic rings. The van der Waals surface area contributed by atoms with Crippen LogP contribution in [0.25, 0.3) is 0 Å². The Morgan fingerprint density at radius 1 is 1.35 bits per heavy atom. The fourth-order valence-corrected chi connectivity index (χ4v) is 2.91. The van der Waals surface area contributed by atoms with Crippen molar-refractivity contribution in [2.24, 2.45) is 5.92 Å². The molecule has 1 rings (SSSR count). The SMILES string of the molecule is COc1ccc(N(CC(=O)NC(C)C(C)C)S(C)(=O)=O)cc1Cl. The monoisotopic (exact) mass is 362 g/mol. The second kappa shape index (κ2) is 7.88. The molecule has 0 radical (unpaired) electrons. The predicted molar refractivity (Wildman–Crippen MR) is 92.6 cm³/mol. The van der Waals surface area contributed by atoms with E-state index in [1.54, 1.807) is 12.1 Å². The fourth-order valence-electron chi connectivity index (χ4n) is 1.81. The molecule has 1 aromatic carbocycles. The highest BCUT2D eigenvalue weighted by molar-refractivity contribution is 7.92. The van der Waals surface area contributed by atoms with Gasteiger partial charge in [0.15, 0.2) is 0 Å². The Bertz CT molecular complexity index is 661. The molecule has 6 nitrogen and oxygen atoms in total. The van der Waals surface area contributed by atoms with Crippen molar-refractivity contribution in [3.8, 4) is 5.75 Å². The first-order valence-electron chi connectivity index (χ1n) is 7.17. The highest BCUT2D eigenvalue weighted by Gasteiger charge is 2.23. The number of anilines is 1. The molecule has 1 atom stereocenters. The van der Waals surface area contributed by atoms with Gasteiger partial charge in [-0.1, -0.05) is 25.4 Å². The van der Waals surface area contributed by atoms with Crippen LogP contribution in [0.15, 0.2) is 18.2 Å². The summed E-state index contributed by atoms with van der Waals surface area (Å²) < 4.78 is 30.1. The minimum absolute atomic E-state index is 0.0524. The number of benzene rings is 1. The number of nitrogens with one attached hydrogen (secondary N) is 1. The molecule has 0 aliphatic heterocycles. The number of methoxy groups -OCH3 is 1. The zero-order valence-corrected chi connectivity index (χ0v) is 15.5. The summed E-state index contributed by atoms with van der Waals surface area (Å²) in [5.74, 6) is 0.311. The van der Waals surface area contributed by atoms with E-state index < -0.39 is 10.0 Å². The van der Waals surface area contributed by atoms with Gasteiger partial charge in [-0.3, -0.25) is 9.10 Å². The lowest BCUT2D eigenvalue weighted by Gasteiger charge is -2.24. The molecule has 8 heteroatoms. The van der Waals surface area contributed by atoms with Crippen LogP contribution < -0.4 is 14.4 Å². The molecular formula is C15H23ClN2O4S. The fraction of sp³-hybridized carbons (Fsp3) is 0.533. The second-order valence-electron chi connectivity index (χ2n) is 5.69. The van der Waals surface area contributed by atoms with Gasteiger partial charge in [0.25, 0.3) is 0 Å². The Morgan fingerprint density at radius 2 is 1.96 bits per heavy atom. The van der Waals surface area contributed by atoms with Gasteiger partial charge in [0.1, 0.15) is 12.3 Å². The van der Waals surface area contributed by atoms with E-state index >= 15 is 0 Å². The maximum Gasteiger partial charge on any atom is 0.240 e. The molecular weight excluding hydrogens is 340 g/mol. The van der Waals surface area contributed by atoms with Gasteiger partial charge in [0.05, 0.1) is 24.1 Å². The van der Waals surface area contributed by atoms with Crippen LogP contribution >= 0.6 is 11.6 Å². The molecule has 0 saturated heterocycles. The molecule has 0 heterocycles. The molecule has 0 saturated carbocycles. The van der Waals surface area contributed by atoms with Crippen molar-refractivity contribution in [1.29, 1.82) is 0 Å². The van der Waals surface area contributed by atoms with Gasteiger partial charge in [-0.05, 0) is 31.0 Å². The Labute approximate surface area is 142 Å². The summed E-state index contributed by atoms with van der Waals surface area (Å²) in [6.07, 6.45) is 1.05. The maximum absolute atomic E-state index is 12.1. The highest BCUT2D eigenvalue weighted by Crippen LogP contribution is 2.30. The summed E-state index contributed by atoms with van der Waals surface area (Å²) >= 11 is 6.04. The number of carbonyl (C=O) groups is 1. The van der Waals surface area contributed by atoms with Gasteiger partial charge in [-0.25, -0.2) is 8.42 Å². The van der Waals surface area contributed by atoms with Crippen LogP contribution in [0, 0.1) is 5.92 Å². The lowest BCUT2D eigenvalue weighted by atomic mass is 10.1. The molecule has 0 aromatic heterocycles. The number of ether oxygens (including phenoxy) is 1. The molecule has 1 amide bonds. The molecule has 0 bridgehead atoms. The molecule has 0 spiro atoms. The van der Waals surface area contributed by atoms with Crippen LogP contribution in [-0.2, 0) is 14.8 Å². The van der Waals surface area contributed by atoms with Gasteiger partial charge in [0.2, 0.25) is 15.9 Å². The summed E-state index contributed by atoms with van der Waals surface area (Å²) in [6, 6.07) is 4.51. The van der Waals surface area contributed by atoms with E-state index in [4.69, 9.17) is 16.3 Å². The van der Waals surface area contributed by atoms with Crippen molar-refractivity contribution in [1.82, 2.24) is 5.32 Å². The predicted octanol–water partition coefficient (Wildman–Crippen LogP) is 2.28. The van der Waals surface area contributed by atoms with Gasteiger partial charge < -0.3 is 10.1 Å². The third-order valence-corrected chi connectivity index (χ3v) is 4.94. The number of halogens is 1. The van der Waals surface area contributed by atoms with Crippen molar-refractivity contribution >= 4 is 33.2 Å². The van der Waals surface area contributed by atoms with Crippen LogP contribution in [0.5, 0.6) is 5.75 Å². The topological polar surface area (TPSA) is 75.7 Å². The summed E-state index contributed by atoms with van der Waals surface area (Å²) in [7, 11) is -2.16. The number of nitrogens with zero attached hydrogens (tertiary/aromatic N) is 1. The quantitative estimate of drug-likeness (QED) is 0.807. The first-order chi connectivity index (χ1) is 10.6. The maximum atomic E-state index is 12.1. The van der Waals surface area contributed by atoms with E-state index in [2.05, 4.69) is 5.32 Å². The minimum atomic E-state index is -3.63. The molecule has 23 heavy (non-hydrogen) atoms. The standard InChI is InChI=1S/C15H23ClN2O4S/c1-10(2)11(3)17-15(19)9-18(23(5,20)21)12-6-7-14(22-4)13(16)8-12/h6-8,10-11H,9H2,1-5H3,(H,17,19). The van der Waals surface area contributed by atoms with E-state index in [9.17, 15) is 13.2 Å². The van der Waals surface area contributed by atoms with E-state index in [1.807, 2.05) is 20.8 Å². The van der Waals surface area contributed by atoms with Crippen molar-refractivity contribution < 1.29 is 17.9 Å². The van der Waals surface area contributed by atoms with E-state index in [0.717, 1.165) is 10.6 Å². The average Bonchev–Trinajstić information content (AvgIpc) is 2.43. The Hall–Kier alpha value is -1.47. The Balaban J connectivity index is 3.03. The summed E-state index contributed by atoms with van der Waals surface area (Å²) in [5.41, 5.74) is 0.311. The number of hydrogen-bond acceptors (Lipinski definition) is 4. The molecule has 1 unspecified atom stereocenters. The van der Waals surface area contributed by atoms with E-state index in [1.165, 1.54) is 13.2 Å².